The van der Waals surface area contributed by atoms with Crippen LogP contribution < -0.4 is 5.32 Å². The third-order valence-corrected chi connectivity index (χ3v) is 6.95. The Hall–Kier alpha value is -2.50. The molecule has 1 fully saturated rings. The fraction of sp³-hybridized carbons (Fsp3) is 0.571. The Kier molecular flexibility index (Phi) is 6.37. The van der Waals surface area contributed by atoms with E-state index in [-0.39, 0.29) is 54.2 Å². The van der Waals surface area contributed by atoms with Gasteiger partial charge in [-0.25, -0.2) is 22.8 Å². The summed E-state index contributed by atoms with van der Waals surface area (Å²) in [5, 5.41) is 6.53. The lowest BCUT2D eigenvalue weighted by molar-refractivity contribution is -0.0673. The molecule has 12 heteroatoms. The number of alkyl halides is 4. The maximum absolute atomic E-state index is 14.2. The molecule has 0 spiro atoms. The van der Waals surface area contributed by atoms with Crippen LogP contribution in [-0.2, 0) is 22.2 Å². The fourth-order valence-corrected chi connectivity index (χ4v) is 4.61. The van der Waals surface area contributed by atoms with Gasteiger partial charge in [-0.3, -0.25) is 9.48 Å². The van der Waals surface area contributed by atoms with Crippen molar-refractivity contribution >= 4 is 21.3 Å². The highest BCUT2D eigenvalue weighted by atomic mass is 32.2. The van der Waals surface area contributed by atoms with Crippen molar-refractivity contribution in [3.05, 3.63) is 35.3 Å². The van der Waals surface area contributed by atoms with Gasteiger partial charge < -0.3 is 5.32 Å². The van der Waals surface area contributed by atoms with Gasteiger partial charge in [0, 0.05) is 50.0 Å². The Balaban J connectivity index is 1.97. The van der Waals surface area contributed by atoms with Gasteiger partial charge in [0.25, 0.3) is 11.8 Å². The predicted molar refractivity (Wildman–Crippen MR) is 115 cm³/mol. The zero-order valence-corrected chi connectivity index (χ0v) is 19.7. The monoisotopic (exact) mass is 489 g/mol. The molecule has 0 unspecified atom stereocenters. The molecule has 0 aliphatic heterocycles. The predicted octanol–water partition coefficient (Wildman–Crippen LogP) is 5.20. The van der Waals surface area contributed by atoms with Crippen LogP contribution in [0.3, 0.4) is 0 Å². The zero-order valence-electron chi connectivity index (χ0n) is 18.8. The van der Waals surface area contributed by atoms with Crippen LogP contribution in [-0.4, -0.2) is 37.1 Å². The van der Waals surface area contributed by atoms with E-state index in [1.165, 1.54) is 36.2 Å². The molecule has 0 radical (unpaired) electrons. The SMILES string of the molecule is Cc1c(C(C)(F)F)nn(CC2(C)CCC(F)(F)CC2)c1C(=O)Nc1ccnc([S@@](C)(=N)=O)c1. The van der Waals surface area contributed by atoms with Gasteiger partial charge in [0.15, 0.2) is 0 Å². The topological polar surface area (TPSA) is 101 Å². The molecule has 33 heavy (non-hydrogen) atoms. The van der Waals surface area contributed by atoms with Gasteiger partial charge in [0.2, 0.25) is 5.92 Å². The van der Waals surface area contributed by atoms with Crippen molar-refractivity contribution in [1.82, 2.24) is 14.8 Å². The molecule has 2 heterocycles. The summed E-state index contributed by atoms with van der Waals surface area (Å²) in [6.45, 7) is 3.85. The largest absolute Gasteiger partial charge is 0.321 e. The zero-order chi connectivity index (χ0) is 24.8. The molecular weight excluding hydrogens is 462 g/mol. The minimum atomic E-state index is -3.31. The molecule has 3 rings (SSSR count). The van der Waals surface area contributed by atoms with Crippen LogP contribution in [0.4, 0.5) is 23.2 Å². The number of carbonyl (C=O) groups excluding carboxylic acids is 1. The maximum Gasteiger partial charge on any atom is 0.289 e. The van der Waals surface area contributed by atoms with Crippen LogP contribution in [0.15, 0.2) is 23.4 Å². The van der Waals surface area contributed by atoms with E-state index in [2.05, 4.69) is 15.4 Å². The Morgan fingerprint density at radius 3 is 2.45 bits per heavy atom. The Bertz CT molecular complexity index is 1160. The van der Waals surface area contributed by atoms with Gasteiger partial charge in [0.05, 0.1) is 9.73 Å². The van der Waals surface area contributed by atoms with Crippen molar-refractivity contribution in [1.29, 1.82) is 4.78 Å². The quantitative estimate of drug-likeness (QED) is 0.545. The van der Waals surface area contributed by atoms with Crippen LogP contribution in [0, 0.1) is 17.1 Å². The number of halogens is 4. The van der Waals surface area contributed by atoms with Gasteiger partial charge in [-0.15, -0.1) is 0 Å². The maximum atomic E-state index is 14.2. The fourth-order valence-electron chi connectivity index (χ4n) is 4.00. The first-order valence-electron chi connectivity index (χ1n) is 10.4. The number of amides is 1. The number of hydrogen-bond donors (Lipinski definition) is 2. The first-order valence-corrected chi connectivity index (χ1v) is 12.3. The minimum Gasteiger partial charge on any atom is -0.321 e. The molecule has 2 aromatic heterocycles. The van der Waals surface area contributed by atoms with Crippen molar-refractivity contribution in [3.63, 3.8) is 0 Å². The summed E-state index contributed by atoms with van der Waals surface area (Å²) in [7, 11) is -3.13. The molecule has 1 saturated carbocycles. The number of anilines is 1. The first-order chi connectivity index (χ1) is 15.0. The molecule has 1 amide bonds. The molecule has 1 aliphatic carbocycles. The van der Waals surface area contributed by atoms with Gasteiger partial charge in [-0.1, -0.05) is 6.92 Å². The summed E-state index contributed by atoms with van der Waals surface area (Å²) >= 11 is 0. The van der Waals surface area contributed by atoms with E-state index in [4.69, 9.17) is 4.78 Å². The van der Waals surface area contributed by atoms with E-state index in [0.29, 0.717) is 6.92 Å². The normalized spacial score (nSPS) is 19.6. The van der Waals surface area contributed by atoms with Gasteiger partial charge in [-0.2, -0.15) is 13.9 Å². The average molecular weight is 490 g/mol. The molecular formula is C21H27F4N5O2S. The third kappa shape index (κ3) is 5.71. The van der Waals surface area contributed by atoms with Crippen LogP contribution >= 0.6 is 0 Å². The van der Waals surface area contributed by atoms with E-state index in [1.807, 2.05) is 0 Å². The van der Waals surface area contributed by atoms with Gasteiger partial charge >= 0.3 is 0 Å². The Morgan fingerprint density at radius 2 is 1.91 bits per heavy atom. The molecule has 0 bridgehead atoms. The van der Waals surface area contributed by atoms with E-state index in [9.17, 15) is 26.6 Å². The molecule has 1 atom stereocenters. The highest BCUT2D eigenvalue weighted by Crippen LogP contribution is 2.44. The van der Waals surface area contributed by atoms with Crippen LogP contribution in [0.1, 0.15) is 61.3 Å². The van der Waals surface area contributed by atoms with Gasteiger partial charge in [0.1, 0.15) is 16.4 Å². The summed E-state index contributed by atoms with van der Waals surface area (Å²) < 4.78 is 76.5. The van der Waals surface area contributed by atoms with E-state index >= 15 is 0 Å². The molecule has 2 aromatic rings. The van der Waals surface area contributed by atoms with Crippen molar-refractivity contribution in [2.24, 2.45) is 5.41 Å². The second-order valence-electron chi connectivity index (χ2n) is 9.22. The molecule has 7 nitrogen and oxygen atoms in total. The average Bonchev–Trinajstić information content (AvgIpc) is 3.00. The lowest BCUT2D eigenvalue weighted by atomic mass is 9.74. The lowest BCUT2D eigenvalue weighted by Gasteiger charge is -2.37. The van der Waals surface area contributed by atoms with Crippen molar-refractivity contribution in [2.75, 3.05) is 11.6 Å². The molecule has 0 aromatic carbocycles. The van der Waals surface area contributed by atoms with Crippen LogP contribution in [0.2, 0.25) is 0 Å². The Morgan fingerprint density at radius 1 is 1.30 bits per heavy atom. The molecule has 1 aliphatic rings. The van der Waals surface area contributed by atoms with Crippen molar-refractivity contribution in [3.8, 4) is 0 Å². The summed E-state index contributed by atoms with van der Waals surface area (Å²) in [5.41, 5.74) is -1.13. The third-order valence-electron chi connectivity index (χ3n) is 5.93. The standard InChI is InChI=1S/C21H27F4N5O2S/c1-13-16(18(31)28-14-5-10-27-15(11-14)33(4,26)32)30(29-17(13)20(3,22)23)12-19(2)6-8-21(24,25)9-7-19/h5,10-11,26H,6-9,12H2,1-4H3,(H,27,28,31)/t33-/m0/s1. The second-order valence-corrected chi connectivity index (χ2v) is 11.3. The highest BCUT2D eigenvalue weighted by Gasteiger charge is 2.42. The van der Waals surface area contributed by atoms with Crippen molar-refractivity contribution in [2.45, 2.75) is 69.9 Å². The minimum absolute atomic E-state index is 0.0150. The number of rotatable bonds is 6. The number of nitrogens with one attached hydrogen (secondary N) is 2. The second kappa shape index (κ2) is 8.37. The summed E-state index contributed by atoms with van der Waals surface area (Å²) in [6, 6.07) is 2.70. The van der Waals surface area contributed by atoms with Crippen molar-refractivity contribution < 1.29 is 26.6 Å². The van der Waals surface area contributed by atoms with Crippen LogP contribution in [0.25, 0.3) is 0 Å². The van der Waals surface area contributed by atoms with E-state index in [0.717, 1.165) is 0 Å². The molecule has 0 saturated heterocycles. The van der Waals surface area contributed by atoms with E-state index < -0.39 is 38.6 Å². The van der Waals surface area contributed by atoms with E-state index in [1.54, 1.807) is 6.92 Å². The first kappa shape index (κ1) is 25.1. The Labute approximate surface area is 189 Å². The van der Waals surface area contributed by atoms with Gasteiger partial charge in [-0.05, 0) is 37.3 Å². The highest BCUT2D eigenvalue weighted by molar-refractivity contribution is 7.91. The summed E-state index contributed by atoms with van der Waals surface area (Å²) in [4.78, 5) is 17.0. The number of pyridine rings is 1. The molecule has 2 N–H and O–H groups in total. The lowest BCUT2D eigenvalue weighted by Crippen LogP contribution is -2.35. The van der Waals surface area contributed by atoms with Crippen LogP contribution in [0.5, 0.6) is 0 Å². The number of carbonyl (C=O) groups is 1. The summed E-state index contributed by atoms with van der Waals surface area (Å²) in [5.74, 6) is -6.80. The molecule has 182 valence electrons. The number of aromatic nitrogens is 3. The summed E-state index contributed by atoms with van der Waals surface area (Å²) in [6.07, 6.45) is 2.17. The smallest absolute Gasteiger partial charge is 0.289 e. The number of nitrogens with zero attached hydrogens (tertiary/aromatic N) is 3. The number of hydrogen-bond acceptors (Lipinski definition) is 5.